The molecule has 1 aromatic carbocycles. The Morgan fingerprint density at radius 2 is 2.36 bits per heavy atom. The molecule has 0 aliphatic rings. The Bertz CT molecular complexity index is 396. The lowest BCUT2D eigenvalue weighted by molar-refractivity contribution is 0.0993. The predicted octanol–water partition coefficient (Wildman–Crippen LogP) is 1.72. The van der Waals surface area contributed by atoms with Crippen molar-refractivity contribution in [2.75, 3.05) is 13.6 Å². The Kier molecular flexibility index (Phi) is 3.81. The molecule has 0 fully saturated rings. The molecule has 0 aliphatic heterocycles. The van der Waals surface area contributed by atoms with E-state index in [0.29, 0.717) is 11.1 Å². The number of nitriles is 1. The van der Waals surface area contributed by atoms with Gasteiger partial charge in [-0.05, 0) is 25.2 Å². The van der Waals surface area contributed by atoms with Crippen molar-refractivity contribution in [3.8, 4) is 6.07 Å². The summed E-state index contributed by atoms with van der Waals surface area (Å²) < 4.78 is 0.719. The van der Waals surface area contributed by atoms with E-state index in [1.54, 1.807) is 25.2 Å². The molecule has 0 radical (unpaired) electrons. The van der Waals surface area contributed by atoms with Gasteiger partial charge < -0.3 is 5.32 Å². The van der Waals surface area contributed by atoms with Crippen LogP contribution in [0.3, 0.4) is 0 Å². The van der Waals surface area contributed by atoms with Gasteiger partial charge in [0.25, 0.3) is 0 Å². The van der Waals surface area contributed by atoms with E-state index in [2.05, 4.69) is 21.2 Å². The Balaban J connectivity index is 3.07. The second kappa shape index (κ2) is 4.89. The fraction of sp³-hybridized carbons (Fsp3) is 0.200. The van der Waals surface area contributed by atoms with Crippen LogP contribution in [0.25, 0.3) is 0 Å². The van der Waals surface area contributed by atoms with E-state index in [1.807, 2.05) is 6.07 Å². The van der Waals surface area contributed by atoms with Gasteiger partial charge >= 0.3 is 0 Å². The van der Waals surface area contributed by atoms with Crippen LogP contribution in [0.5, 0.6) is 0 Å². The summed E-state index contributed by atoms with van der Waals surface area (Å²) >= 11 is 3.27. The first-order chi connectivity index (χ1) is 6.69. The van der Waals surface area contributed by atoms with Crippen LogP contribution in [0.2, 0.25) is 0 Å². The first-order valence-corrected chi connectivity index (χ1v) is 4.85. The van der Waals surface area contributed by atoms with Crippen molar-refractivity contribution >= 4 is 21.7 Å². The molecule has 4 heteroatoms. The fourth-order valence-electron chi connectivity index (χ4n) is 1.06. The van der Waals surface area contributed by atoms with Crippen LogP contribution in [0.15, 0.2) is 22.7 Å². The molecule has 0 spiro atoms. The zero-order chi connectivity index (χ0) is 10.6. The smallest absolute Gasteiger partial charge is 0.177 e. The van der Waals surface area contributed by atoms with Gasteiger partial charge in [0.1, 0.15) is 0 Å². The average Bonchev–Trinajstić information content (AvgIpc) is 2.19. The number of hydrogen-bond donors (Lipinski definition) is 1. The average molecular weight is 253 g/mol. The highest BCUT2D eigenvalue weighted by Crippen LogP contribution is 2.18. The van der Waals surface area contributed by atoms with Gasteiger partial charge in [-0.1, -0.05) is 15.9 Å². The second-order valence-electron chi connectivity index (χ2n) is 2.76. The summed E-state index contributed by atoms with van der Waals surface area (Å²) in [6.07, 6.45) is 0. The van der Waals surface area contributed by atoms with Crippen LogP contribution < -0.4 is 5.32 Å². The van der Waals surface area contributed by atoms with Crippen molar-refractivity contribution in [3.63, 3.8) is 0 Å². The second-order valence-corrected chi connectivity index (χ2v) is 3.61. The fourth-order valence-corrected chi connectivity index (χ4v) is 1.53. The van der Waals surface area contributed by atoms with Crippen LogP contribution in [0.4, 0.5) is 0 Å². The standard InChI is InChI=1S/C10H9BrN2O/c1-13-6-10(14)8-4-7(5-12)2-3-9(8)11/h2-4,13H,6H2,1H3. The summed E-state index contributed by atoms with van der Waals surface area (Å²) in [4.78, 5) is 11.5. The molecule has 0 amide bonds. The zero-order valence-electron chi connectivity index (χ0n) is 7.67. The van der Waals surface area contributed by atoms with E-state index in [9.17, 15) is 4.79 Å². The Morgan fingerprint density at radius 1 is 1.64 bits per heavy atom. The van der Waals surface area contributed by atoms with E-state index in [1.165, 1.54) is 0 Å². The van der Waals surface area contributed by atoms with Crippen LogP contribution in [-0.4, -0.2) is 19.4 Å². The van der Waals surface area contributed by atoms with Crippen LogP contribution in [0, 0.1) is 11.3 Å². The molecular weight excluding hydrogens is 244 g/mol. The summed E-state index contributed by atoms with van der Waals surface area (Å²) in [5.74, 6) is -0.0310. The highest BCUT2D eigenvalue weighted by Gasteiger charge is 2.09. The largest absolute Gasteiger partial charge is 0.313 e. The number of nitrogens with zero attached hydrogens (tertiary/aromatic N) is 1. The minimum atomic E-state index is -0.0310. The first-order valence-electron chi connectivity index (χ1n) is 4.06. The lowest BCUT2D eigenvalue weighted by Gasteiger charge is -2.03. The molecule has 0 saturated carbocycles. The number of Topliss-reactive ketones (excluding diaryl/α,β-unsaturated/α-hetero) is 1. The first kappa shape index (κ1) is 10.9. The highest BCUT2D eigenvalue weighted by molar-refractivity contribution is 9.10. The zero-order valence-corrected chi connectivity index (χ0v) is 9.26. The molecule has 72 valence electrons. The summed E-state index contributed by atoms with van der Waals surface area (Å²) in [5, 5.41) is 11.4. The Hall–Kier alpha value is -1.18. The third-order valence-corrected chi connectivity index (χ3v) is 2.42. The number of rotatable bonds is 3. The van der Waals surface area contributed by atoms with Gasteiger partial charge in [-0.3, -0.25) is 4.79 Å². The van der Waals surface area contributed by atoms with Crippen LogP contribution >= 0.6 is 15.9 Å². The molecule has 0 unspecified atom stereocenters. The van der Waals surface area contributed by atoms with E-state index in [-0.39, 0.29) is 12.3 Å². The van der Waals surface area contributed by atoms with Gasteiger partial charge in [-0.15, -0.1) is 0 Å². The van der Waals surface area contributed by atoms with E-state index in [4.69, 9.17) is 5.26 Å². The maximum Gasteiger partial charge on any atom is 0.177 e. The van der Waals surface area contributed by atoms with E-state index >= 15 is 0 Å². The molecule has 0 aliphatic carbocycles. The van der Waals surface area contributed by atoms with Crippen molar-refractivity contribution in [2.24, 2.45) is 0 Å². The third-order valence-electron chi connectivity index (χ3n) is 1.73. The topological polar surface area (TPSA) is 52.9 Å². The number of ketones is 1. The number of carbonyl (C=O) groups is 1. The molecule has 3 nitrogen and oxygen atoms in total. The molecule has 1 N–H and O–H groups in total. The summed E-state index contributed by atoms with van der Waals surface area (Å²) in [5.41, 5.74) is 1.03. The number of nitrogens with one attached hydrogen (secondary N) is 1. The Morgan fingerprint density at radius 3 is 2.93 bits per heavy atom. The normalized spacial score (nSPS) is 9.50. The van der Waals surface area contributed by atoms with Gasteiger partial charge in [-0.25, -0.2) is 0 Å². The number of likely N-dealkylation sites (N-methyl/N-ethyl adjacent to an activating group) is 1. The van der Waals surface area contributed by atoms with Crippen LogP contribution in [0.1, 0.15) is 15.9 Å². The monoisotopic (exact) mass is 252 g/mol. The SMILES string of the molecule is CNCC(=O)c1cc(C#N)ccc1Br. The molecule has 1 aromatic rings. The third kappa shape index (κ3) is 2.41. The predicted molar refractivity (Wildman–Crippen MR) is 57.1 cm³/mol. The minimum Gasteiger partial charge on any atom is -0.313 e. The molecule has 0 aromatic heterocycles. The molecular formula is C10H9BrN2O. The number of benzene rings is 1. The molecule has 0 bridgehead atoms. The lowest BCUT2D eigenvalue weighted by Crippen LogP contribution is -2.19. The van der Waals surface area contributed by atoms with Gasteiger partial charge in [0.2, 0.25) is 0 Å². The summed E-state index contributed by atoms with van der Waals surface area (Å²) in [6, 6.07) is 6.96. The number of hydrogen-bond acceptors (Lipinski definition) is 3. The van der Waals surface area contributed by atoms with Gasteiger partial charge in [0.15, 0.2) is 5.78 Å². The van der Waals surface area contributed by atoms with E-state index in [0.717, 1.165) is 4.47 Å². The molecule has 14 heavy (non-hydrogen) atoms. The molecule has 0 atom stereocenters. The van der Waals surface area contributed by atoms with E-state index < -0.39 is 0 Å². The Labute approximate surface area is 90.9 Å². The van der Waals surface area contributed by atoms with Gasteiger partial charge in [0, 0.05) is 10.0 Å². The van der Waals surface area contributed by atoms with Gasteiger partial charge in [0.05, 0.1) is 18.2 Å². The lowest BCUT2D eigenvalue weighted by atomic mass is 10.1. The van der Waals surface area contributed by atoms with Crippen molar-refractivity contribution < 1.29 is 4.79 Å². The maximum atomic E-state index is 11.5. The van der Waals surface area contributed by atoms with Crippen molar-refractivity contribution in [3.05, 3.63) is 33.8 Å². The molecule has 0 heterocycles. The van der Waals surface area contributed by atoms with Crippen molar-refractivity contribution in [2.45, 2.75) is 0 Å². The van der Waals surface area contributed by atoms with Crippen LogP contribution in [-0.2, 0) is 0 Å². The van der Waals surface area contributed by atoms with Crippen molar-refractivity contribution in [1.82, 2.24) is 5.32 Å². The minimum absolute atomic E-state index is 0.0310. The molecule has 0 saturated heterocycles. The van der Waals surface area contributed by atoms with Gasteiger partial charge in [-0.2, -0.15) is 5.26 Å². The number of carbonyl (C=O) groups excluding carboxylic acids is 1. The number of halogens is 1. The van der Waals surface area contributed by atoms with Crippen molar-refractivity contribution in [1.29, 1.82) is 5.26 Å². The molecule has 1 rings (SSSR count). The summed E-state index contributed by atoms with van der Waals surface area (Å²) in [6.45, 7) is 0.271. The maximum absolute atomic E-state index is 11.5. The quantitative estimate of drug-likeness (QED) is 0.834. The highest BCUT2D eigenvalue weighted by atomic mass is 79.9. The summed E-state index contributed by atoms with van der Waals surface area (Å²) in [7, 11) is 1.71.